The fraction of sp³-hybridized carbons (Fsp3) is 0.154. The number of fused-ring (bicyclic) bond motifs is 14. The molecule has 0 amide bonds. The van der Waals surface area contributed by atoms with Crippen LogP contribution in [0.15, 0.2) is 187 Å². The van der Waals surface area contributed by atoms with Crippen LogP contribution in [-0.4, -0.2) is 35.4 Å². The molecule has 6 nitrogen and oxygen atoms in total. The van der Waals surface area contributed by atoms with Crippen LogP contribution in [0.3, 0.4) is 0 Å². The molecule has 0 saturated carbocycles. The van der Waals surface area contributed by atoms with Gasteiger partial charge in [0.25, 0.3) is 0 Å². The van der Waals surface area contributed by atoms with E-state index in [0.29, 0.717) is 0 Å². The Morgan fingerprint density at radius 3 is 0.788 bits per heavy atom. The van der Waals surface area contributed by atoms with Gasteiger partial charge in [-0.05, 0) is 93.0 Å². The van der Waals surface area contributed by atoms with E-state index in [1.54, 1.807) is 0 Å². The number of nitrogens with zero attached hydrogens (tertiary/aromatic N) is 2. The van der Waals surface area contributed by atoms with Crippen LogP contribution in [0.4, 0.5) is 17.3 Å². The number of benzene rings is 8. The maximum Gasteiger partial charge on any atom is 0.673 e. The van der Waals surface area contributed by atoms with Gasteiger partial charge in [-0.25, -0.2) is 9.34 Å². The quantitative estimate of drug-likeness (QED) is 0.0977. The zero-order valence-electron chi connectivity index (χ0n) is 36.8. The summed E-state index contributed by atoms with van der Waals surface area (Å²) in [5.41, 5.74) is 3.49. The Kier molecular flexibility index (Phi) is 16.0. The number of hydrogen-bond acceptors (Lipinski definition) is 6. The normalized spacial score (nSPS) is 13.1. The summed E-state index contributed by atoms with van der Waals surface area (Å²) in [5.74, 6) is 0. The Morgan fingerprint density at radius 2 is 0.576 bits per heavy atom. The summed E-state index contributed by atoms with van der Waals surface area (Å²) in [6.45, 7) is 0. The topological polar surface area (TPSA) is 59.0 Å². The van der Waals surface area contributed by atoms with Gasteiger partial charge in [-0.15, -0.1) is 0 Å². The molecule has 0 saturated heterocycles. The molecule has 341 valence electrons. The Morgan fingerprint density at radius 1 is 0.364 bits per heavy atom. The molecule has 8 aromatic carbocycles. The molecule has 0 atom stereocenters. The SMILES string of the molecule is C1=CCC/C=C\CC1.CN(C)p1oc2ccc3ccccc3c2c2c(ccc3ccccc32)o1.CN(C)p1oc2ccc3ccccc3c2c2c(ccc3ccccc32)o1.F[B-](F)(F)F.[Rh]. The molecule has 10 aromatic rings. The van der Waals surface area contributed by atoms with Crippen molar-refractivity contribution < 1.29 is 53.5 Å². The summed E-state index contributed by atoms with van der Waals surface area (Å²) in [7, 11) is -0.478. The Bertz CT molecular complexity index is 3010. The molecular weight excluding hydrogens is 968 g/mol. The third kappa shape index (κ3) is 11.3. The molecule has 1 aliphatic carbocycles. The molecule has 11 rings (SSSR count). The first kappa shape index (κ1) is 48.3. The molecule has 0 bridgehead atoms. The summed E-state index contributed by atoms with van der Waals surface area (Å²) in [6, 6.07) is 50.5. The van der Waals surface area contributed by atoms with Crippen molar-refractivity contribution in [1.82, 2.24) is 0 Å². The van der Waals surface area contributed by atoms with E-state index in [2.05, 4.69) is 170 Å². The molecular formula is C52H48BF4N2O4P2Rh-. The first-order valence-electron chi connectivity index (χ1n) is 21.4. The Balaban J connectivity index is 0.000000153. The molecule has 0 aliphatic heterocycles. The fourth-order valence-electron chi connectivity index (χ4n) is 7.90. The van der Waals surface area contributed by atoms with Crippen molar-refractivity contribution in [2.75, 3.05) is 37.5 Å². The van der Waals surface area contributed by atoms with Gasteiger partial charge in [0.05, 0.1) is 0 Å². The van der Waals surface area contributed by atoms with Crippen molar-refractivity contribution in [3.63, 3.8) is 0 Å². The zero-order chi connectivity index (χ0) is 45.5. The van der Waals surface area contributed by atoms with Crippen LogP contribution >= 0.6 is 16.3 Å². The second-order valence-electron chi connectivity index (χ2n) is 15.8. The molecule has 0 unspecified atom stereocenters. The minimum atomic E-state index is -6.00. The Hall–Kier alpha value is -5.59. The van der Waals surface area contributed by atoms with Gasteiger partial charge in [-0.3, -0.25) is 0 Å². The van der Waals surface area contributed by atoms with Gasteiger partial charge in [0.1, 0.15) is 22.3 Å². The molecule has 0 spiro atoms. The summed E-state index contributed by atoms with van der Waals surface area (Å²) in [5, 5.41) is 14.0. The smallest absolute Gasteiger partial charge is 0.418 e. The maximum atomic E-state index is 9.75. The average Bonchev–Trinajstić information content (AvgIpc) is 3.58. The predicted octanol–water partition coefficient (Wildman–Crippen LogP) is 17.6. The van der Waals surface area contributed by atoms with E-state index < -0.39 is 23.6 Å². The van der Waals surface area contributed by atoms with Gasteiger partial charge in [0.15, 0.2) is 0 Å². The van der Waals surface area contributed by atoms with Crippen molar-refractivity contribution in [1.29, 1.82) is 0 Å². The van der Waals surface area contributed by atoms with Gasteiger partial charge in [-0.1, -0.05) is 146 Å². The molecule has 2 heterocycles. The third-order valence-corrected chi connectivity index (χ3v) is 13.5. The average molecular weight is 1020 g/mol. The molecule has 1 aliphatic rings. The van der Waals surface area contributed by atoms with Crippen LogP contribution in [0.1, 0.15) is 25.7 Å². The van der Waals surface area contributed by atoms with Crippen molar-refractivity contribution in [3.8, 4) is 0 Å². The van der Waals surface area contributed by atoms with Crippen LogP contribution in [0.25, 0.3) is 87.0 Å². The van der Waals surface area contributed by atoms with Crippen LogP contribution in [0, 0.1) is 0 Å². The van der Waals surface area contributed by atoms with Gasteiger partial charge >= 0.3 is 23.6 Å². The number of rotatable bonds is 2. The molecule has 66 heavy (non-hydrogen) atoms. The third-order valence-electron chi connectivity index (χ3n) is 10.8. The van der Waals surface area contributed by atoms with Crippen molar-refractivity contribution in [2.24, 2.45) is 0 Å². The van der Waals surface area contributed by atoms with Crippen molar-refractivity contribution >= 4 is 111 Å². The summed E-state index contributed by atoms with van der Waals surface area (Å²) in [4.78, 5) is 0. The van der Waals surface area contributed by atoms with Crippen LogP contribution < -0.4 is 9.34 Å². The van der Waals surface area contributed by atoms with Gasteiger partial charge in [0, 0.05) is 69.2 Å². The molecule has 0 fully saturated rings. The standard InChI is InChI=1S/2C22H18NO2P.C8H12.BF4.Rh/c2*1-23(2)26-24-19-13-11-15-7-3-5-9-17(15)21(19)22-18-10-6-4-8-16(18)12-14-20(22)25-26;1-2-4-6-8-7-5-3-1;2-1(3,4)5;/h2*3-14H,1-2H3;1-2,7-8H,3-6H2;;/q;;;-1;/b;;2-1-,8-7?;;. The maximum absolute atomic E-state index is 9.75. The van der Waals surface area contributed by atoms with E-state index in [-0.39, 0.29) is 19.5 Å². The number of allylic oxidation sites excluding steroid dienone is 4. The van der Waals surface area contributed by atoms with E-state index in [9.17, 15) is 17.3 Å². The summed E-state index contributed by atoms with van der Waals surface area (Å²) >= 11 is 0. The van der Waals surface area contributed by atoms with Gasteiger partial charge in [0.2, 0.25) is 0 Å². The number of halogens is 4. The van der Waals surface area contributed by atoms with Gasteiger partial charge in [-0.2, -0.15) is 0 Å². The monoisotopic (exact) mass is 1020 g/mol. The largest absolute Gasteiger partial charge is 0.673 e. The molecule has 2 aromatic heterocycles. The first-order chi connectivity index (χ1) is 31.4. The molecule has 0 N–H and O–H groups in total. The van der Waals surface area contributed by atoms with E-state index >= 15 is 0 Å². The molecule has 14 heteroatoms. The first-order valence-corrected chi connectivity index (χ1v) is 23.6. The molecule has 1 radical (unpaired) electrons. The van der Waals surface area contributed by atoms with Crippen molar-refractivity contribution in [3.05, 3.63) is 170 Å². The summed E-state index contributed by atoms with van der Waals surface area (Å²) < 4.78 is 68.3. The van der Waals surface area contributed by atoms with E-state index in [4.69, 9.17) is 16.8 Å². The van der Waals surface area contributed by atoms with Crippen LogP contribution in [0.2, 0.25) is 0 Å². The van der Waals surface area contributed by atoms with E-state index in [1.807, 2.05) is 37.5 Å². The van der Waals surface area contributed by atoms with Gasteiger partial charge < -0.3 is 34.0 Å². The second kappa shape index (κ2) is 21.8. The van der Waals surface area contributed by atoms with Crippen LogP contribution in [-0.2, 0) is 19.5 Å². The number of hydrogen-bond donors (Lipinski definition) is 0. The van der Waals surface area contributed by atoms with E-state index in [1.165, 1.54) is 68.8 Å². The van der Waals surface area contributed by atoms with E-state index in [0.717, 1.165) is 43.9 Å². The van der Waals surface area contributed by atoms with Crippen LogP contribution in [0.5, 0.6) is 0 Å². The minimum Gasteiger partial charge on any atom is -0.418 e. The summed E-state index contributed by atoms with van der Waals surface area (Å²) in [6.07, 6.45) is 14.0. The van der Waals surface area contributed by atoms with Crippen molar-refractivity contribution in [2.45, 2.75) is 25.7 Å². The minimum absolute atomic E-state index is 0. The Labute approximate surface area is 395 Å². The second-order valence-corrected chi connectivity index (χ2v) is 19.0. The zero-order valence-corrected chi connectivity index (χ0v) is 40.3. The fourth-order valence-corrected chi connectivity index (χ4v) is 9.91. The predicted molar refractivity (Wildman–Crippen MR) is 270 cm³/mol.